The number of alkyl halides is 1. The maximum Gasteiger partial charge on any atom is 0.0551 e. The lowest BCUT2D eigenvalue weighted by molar-refractivity contribution is 0.120. The van der Waals surface area contributed by atoms with Gasteiger partial charge >= 0.3 is 0 Å². The summed E-state index contributed by atoms with van der Waals surface area (Å²) < 4.78 is 5.57. The molecule has 82 valence electrons. The second-order valence-corrected chi connectivity index (χ2v) is 5.36. The van der Waals surface area contributed by atoms with Crippen LogP contribution >= 0.6 is 15.9 Å². The fourth-order valence-electron chi connectivity index (χ4n) is 1.99. The third-order valence-corrected chi connectivity index (χ3v) is 3.94. The topological polar surface area (TPSA) is 22.1 Å². The zero-order valence-electron chi connectivity index (χ0n) is 8.90. The van der Waals surface area contributed by atoms with Crippen LogP contribution in [0.5, 0.6) is 0 Å². The van der Waals surface area contributed by atoms with E-state index in [1.165, 1.54) is 0 Å². The second-order valence-electron chi connectivity index (χ2n) is 4.18. The first-order chi connectivity index (χ1) is 7.25. The van der Waals surface area contributed by atoms with Gasteiger partial charge < -0.3 is 4.74 Å². The van der Waals surface area contributed by atoms with E-state index in [9.17, 15) is 0 Å². The average Bonchev–Trinajstić information content (AvgIpc) is 2.66. The van der Waals surface area contributed by atoms with Gasteiger partial charge in [0.05, 0.1) is 12.7 Å². The van der Waals surface area contributed by atoms with Crippen LogP contribution in [0, 0.1) is 5.92 Å². The molecule has 0 bridgehead atoms. The van der Waals surface area contributed by atoms with Crippen LogP contribution < -0.4 is 0 Å². The van der Waals surface area contributed by atoms with Gasteiger partial charge in [-0.15, -0.1) is 0 Å². The van der Waals surface area contributed by atoms with Crippen LogP contribution in [0.15, 0.2) is 24.4 Å². The van der Waals surface area contributed by atoms with E-state index in [2.05, 4.69) is 33.9 Å². The highest BCUT2D eigenvalue weighted by atomic mass is 79.9. The molecular formula is C12H16BrNO. The molecule has 0 aliphatic carbocycles. The second kappa shape index (κ2) is 5.08. The summed E-state index contributed by atoms with van der Waals surface area (Å²) in [4.78, 5) is 4.82. The quantitative estimate of drug-likeness (QED) is 0.788. The van der Waals surface area contributed by atoms with Crippen molar-refractivity contribution < 1.29 is 4.74 Å². The monoisotopic (exact) mass is 269 g/mol. The molecule has 1 aliphatic rings. The number of nitrogens with zero attached hydrogens (tertiary/aromatic N) is 1. The van der Waals surface area contributed by atoms with Gasteiger partial charge in [-0.25, -0.2) is 0 Å². The van der Waals surface area contributed by atoms with Crippen molar-refractivity contribution in [2.75, 3.05) is 6.61 Å². The number of ether oxygens (including phenoxy) is 1. The number of rotatable bonds is 3. The van der Waals surface area contributed by atoms with Gasteiger partial charge in [0, 0.05) is 23.1 Å². The van der Waals surface area contributed by atoms with E-state index in [0.29, 0.717) is 16.8 Å². The Balaban J connectivity index is 1.90. The molecule has 0 amide bonds. The SMILES string of the molecule is CC1CC(C(Br)Cc2ccccn2)CO1. The molecule has 1 aromatic heterocycles. The highest BCUT2D eigenvalue weighted by Crippen LogP contribution is 2.28. The Bertz CT molecular complexity index is 304. The molecule has 1 aromatic rings. The van der Waals surface area contributed by atoms with Crippen LogP contribution in [0.2, 0.25) is 0 Å². The minimum atomic E-state index is 0.416. The van der Waals surface area contributed by atoms with E-state index in [1.807, 2.05) is 18.3 Å². The molecule has 1 fully saturated rings. The molecule has 3 atom stereocenters. The average molecular weight is 270 g/mol. The Morgan fingerprint density at radius 3 is 3.07 bits per heavy atom. The van der Waals surface area contributed by atoms with E-state index in [4.69, 9.17) is 4.74 Å². The first kappa shape index (κ1) is 11.1. The Hall–Kier alpha value is -0.410. The van der Waals surface area contributed by atoms with Gasteiger partial charge in [-0.2, -0.15) is 0 Å². The van der Waals surface area contributed by atoms with E-state index in [0.717, 1.165) is 25.1 Å². The first-order valence-electron chi connectivity index (χ1n) is 5.41. The molecule has 2 rings (SSSR count). The highest BCUT2D eigenvalue weighted by Gasteiger charge is 2.28. The number of pyridine rings is 1. The molecule has 0 aromatic carbocycles. The van der Waals surface area contributed by atoms with Crippen LogP contribution in [0.25, 0.3) is 0 Å². The summed E-state index contributed by atoms with van der Waals surface area (Å²) in [6.07, 6.45) is 4.41. The van der Waals surface area contributed by atoms with Crippen molar-refractivity contribution >= 4 is 15.9 Å². The summed E-state index contributed by atoms with van der Waals surface area (Å²) in [5.41, 5.74) is 1.15. The van der Waals surface area contributed by atoms with E-state index >= 15 is 0 Å². The molecule has 2 heterocycles. The van der Waals surface area contributed by atoms with E-state index in [1.54, 1.807) is 0 Å². The largest absolute Gasteiger partial charge is 0.378 e. The molecule has 15 heavy (non-hydrogen) atoms. The zero-order chi connectivity index (χ0) is 10.7. The van der Waals surface area contributed by atoms with Crippen LogP contribution in [0.1, 0.15) is 19.0 Å². The number of hydrogen-bond donors (Lipinski definition) is 0. The Morgan fingerprint density at radius 1 is 1.60 bits per heavy atom. The van der Waals surface area contributed by atoms with Crippen LogP contribution in [0.3, 0.4) is 0 Å². The van der Waals surface area contributed by atoms with Crippen molar-refractivity contribution in [1.29, 1.82) is 0 Å². The van der Waals surface area contributed by atoms with Gasteiger partial charge in [0.25, 0.3) is 0 Å². The molecule has 2 nitrogen and oxygen atoms in total. The predicted octanol–water partition coefficient (Wildman–Crippen LogP) is 2.81. The molecule has 3 heteroatoms. The maximum atomic E-state index is 5.57. The summed E-state index contributed by atoms with van der Waals surface area (Å²) in [5.74, 6) is 0.627. The summed E-state index contributed by atoms with van der Waals surface area (Å²) in [7, 11) is 0. The van der Waals surface area contributed by atoms with E-state index in [-0.39, 0.29) is 0 Å². The smallest absolute Gasteiger partial charge is 0.0551 e. The van der Waals surface area contributed by atoms with Crippen LogP contribution in [-0.4, -0.2) is 22.5 Å². The van der Waals surface area contributed by atoms with Gasteiger partial charge in [0.1, 0.15) is 0 Å². The Kier molecular flexibility index (Phi) is 3.76. The standard InChI is InChI=1S/C12H16BrNO/c1-9-6-10(8-15-9)12(13)7-11-4-2-3-5-14-11/h2-5,9-10,12H,6-8H2,1H3. The molecule has 0 N–H and O–H groups in total. The number of aromatic nitrogens is 1. The normalized spacial score (nSPS) is 27.9. The fraction of sp³-hybridized carbons (Fsp3) is 0.583. The van der Waals surface area contributed by atoms with Crippen molar-refractivity contribution in [3.05, 3.63) is 30.1 Å². The van der Waals surface area contributed by atoms with E-state index < -0.39 is 0 Å². The molecule has 1 saturated heterocycles. The predicted molar refractivity (Wildman–Crippen MR) is 64.2 cm³/mol. The van der Waals surface area contributed by atoms with Gasteiger partial charge in [0.2, 0.25) is 0 Å². The van der Waals surface area contributed by atoms with Crippen molar-refractivity contribution in [1.82, 2.24) is 4.98 Å². The Morgan fingerprint density at radius 2 is 2.47 bits per heavy atom. The summed E-state index contributed by atoms with van der Waals surface area (Å²) in [5, 5.41) is 0. The number of halogens is 1. The maximum absolute atomic E-state index is 5.57. The van der Waals surface area contributed by atoms with Crippen LogP contribution in [0.4, 0.5) is 0 Å². The fourth-order valence-corrected chi connectivity index (χ4v) is 2.69. The third kappa shape index (κ3) is 3.02. The van der Waals surface area contributed by atoms with Crippen molar-refractivity contribution in [3.8, 4) is 0 Å². The van der Waals surface area contributed by atoms with Crippen molar-refractivity contribution in [3.63, 3.8) is 0 Å². The minimum Gasteiger partial charge on any atom is -0.378 e. The molecule has 1 aliphatic heterocycles. The molecule has 0 spiro atoms. The third-order valence-electron chi connectivity index (χ3n) is 2.87. The lowest BCUT2D eigenvalue weighted by atomic mass is 9.99. The lowest BCUT2D eigenvalue weighted by Gasteiger charge is -2.15. The van der Waals surface area contributed by atoms with Gasteiger partial charge in [0.15, 0.2) is 0 Å². The summed E-state index contributed by atoms with van der Waals surface area (Å²) in [6.45, 7) is 3.02. The minimum absolute atomic E-state index is 0.416. The van der Waals surface area contributed by atoms with Gasteiger partial charge in [-0.05, 0) is 31.4 Å². The van der Waals surface area contributed by atoms with Crippen LogP contribution in [-0.2, 0) is 11.2 Å². The highest BCUT2D eigenvalue weighted by molar-refractivity contribution is 9.09. The molecule has 0 saturated carbocycles. The molecule has 3 unspecified atom stereocenters. The lowest BCUT2D eigenvalue weighted by Crippen LogP contribution is -2.17. The summed E-state index contributed by atoms with van der Waals surface area (Å²) >= 11 is 3.75. The van der Waals surface area contributed by atoms with Gasteiger partial charge in [-0.3, -0.25) is 4.98 Å². The molecule has 0 radical (unpaired) electrons. The zero-order valence-corrected chi connectivity index (χ0v) is 10.5. The number of hydrogen-bond acceptors (Lipinski definition) is 2. The van der Waals surface area contributed by atoms with Crippen molar-refractivity contribution in [2.45, 2.75) is 30.7 Å². The van der Waals surface area contributed by atoms with Crippen molar-refractivity contribution in [2.24, 2.45) is 5.92 Å². The van der Waals surface area contributed by atoms with Gasteiger partial charge in [-0.1, -0.05) is 22.0 Å². The molecular weight excluding hydrogens is 254 g/mol. The first-order valence-corrected chi connectivity index (χ1v) is 6.33. The summed E-state index contributed by atoms with van der Waals surface area (Å²) in [6, 6.07) is 6.07. The Labute approximate surface area is 99.2 Å².